The van der Waals surface area contributed by atoms with Gasteiger partial charge in [0.25, 0.3) is 5.56 Å². The van der Waals surface area contributed by atoms with Crippen LogP contribution in [0.5, 0.6) is 0 Å². The Kier molecular flexibility index (Phi) is 3.38. The lowest BCUT2D eigenvalue weighted by atomic mass is 10.2. The second-order valence-corrected chi connectivity index (χ2v) is 9.73. The average molecular weight is 421 g/mol. The van der Waals surface area contributed by atoms with Crippen LogP contribution in [0.25, 0.3) is 15.7 Å². The molecule has 0 aliphatic heterocycles. The third-order valence-corrected chi connectivity index (χ3v) is 7.04. The molecule has 0 radical (unpaired) electrons. The van der Waals surface area contributed by atoms with E-state index in [9.17, 15) is 19.5 Å². The Labute approximate surface area is 167 Å². The van der Waals surface area contributed by atoms with Crippen LogP contribution in [0.2, 0.25) is 4.34 Å². The topological polar surface area (TPSA) is 106 Å². The number of rotatable bonds is 5. The Morgan fingerprint density at radius 1 is 1.36 bits per heavy atom. The summed E-state index contributed by atoms with van der Waals surface area (Å²) in [5.41, 5.74) is -0.512. The van der Waals surface area contributed by atoms with Gasteiger partial charge in [-0.25, -0.2) is 4.68 Å². The van der Waals surface area contributed by atoms with Crippen LogP contribution >= 0.6 is 22.9 Å². The van der Waals surface area contributed by atoms with E-state index in [1.54, 1.807) is 10.5 Å². The van der Waals surface area contributed by atoms with Gasteiger partial charge < -0.3 is 10.4 Å². The van der Waals surface area contributed by atoms with E-state index < -0.39 is 22.8 Å². The molecule has 0 saturated heterocycles. The average Bonchev–Trinajstić information content (AvgIpc) is 3.27. The molecule has 2 fully saturated rings. The first kappa shape index (κ1) is 17.7. The maximum Gasteiger partial charge on any atom is 0.312 e. The second-order valence-electron chi connectivity index (χ2n) is 8.01. The maximum absolute atomic E-state index is 12.9. The number of hydrogen-bond acceptors (Lipinski definition) is 5. The van der Waals surface area contributed by atoms with Crippen molar-refractivity contribution in [2.24, 2.45) is 5.41 Å². The fourth-order valence-corrected chi connectivity index (χ4v) is 5.25. The molecule has 2 saturated carbocycles. The van der Waals surface area contributed by atoms with Gasteiger partial charge in [0.15, 0.2) is 0 Å². The molecule has 0 spiro atoms. The van der Waals surface area contributed by atoms with Crippen LogP contribution in [0.3, 0.4) is 0 Å². The van der Waals surface area contributed by atoms with Crippen LogP contribution < -0.4 is 10.9 Å². The molecule has 28 heavy (non-hydrogen) atoms. The zero-order valence-corrected chi connectivity index (χ0v) is 16.7. The van der Waals surface area contributed by atoms with Crippen molar-refractivity contribution in [1.29, 1.82) is 0 Å². The Morgan fingerprint density at radius 3 is 2.68 bits per heavy atom. The molecule has 3 aromatic rings. The minimum Gasteiger partial charge on any atom is -0.481 e. The number of nitrogens with one attached hydrogen (secondary N) is 1. The number of thiophene rings is 1. The number of carboxylic acid groups (broad SMARTS) is 1. The molecule has 0 atom stereocenters. The van der Waals surface area contributed by atoms with Crippen LogP contribution in [-0.2, 0) is 16.1 Å². The summed E-state index contributed by atoms with van der Waals surface area (Å²) in [6.45, 7) is 3.68. The maximum atomic E-state index is 12.9. The SMILES string of the molecule is CC(C)c1nn(CC(=O)NC23CC2(C(=O)O)C3)c(=O)c2cc3sc(Cl)cc3n12. The van der Waals surface area contributed by atoms with Crippen LogP contribution in [0.15, 0.2) is 16.9 Å². The molecule has 3 aromatic heterocycles. The van der Waals surface area contributed by atoms with Crippen molar-refractivity contribution in [3.63, 3.8) is 0 Å². The summed E-state index contributed by atoms with van der Waals surface area (Å²) in [6, 6.07) is 3.58. The van der Waals surface area contributed by atoms with E-state index in [1.165, 1.54) is 11.3 Å². The van der Waals surface area contributed by atoms with Crippen molar-refractivity contribution in [2.75, 3.05) is 0 Å². The summed E-state index contributed by atoms with van der Waals surface area (Å²) in [4.78, 5) is 36.6. The number of amides is 1. The number of nitrogens with zero attached hydrogens (tertiary/aromatic N) is 3. The molecule has 10 heteroatoms. The van der Waals surface area contributed by atoms with E-state index in [-0.39, 0.29) is 18.0 Å². The molecule has 0 unspecified atom stereocenters. The van der Waals surface area contributed by atoms with Gasteiger partial charge in [-0.2, -0.15) is 5.10 Å². The molecule has 0 aromatic carbocycles. The highest BCUT2D eigenvalue weighted by molar-refractivity contribution is 7.22. The standard InChI is InChI=1S/C18H17ClN4O4S/c1-8(2)14-21-22(5-13(24)20-18-6-17(18,7-18)16(26)27)15(25)10-3-11-9(23(10)14)4-12(19)28-11/h3-4,8H,5-7H2,1-2H3,(H,20,24)(H,26,27). The number of carbonyl (C=O) groups excluding carboxylic acids is 1. The van der Waals surface area contributed by atoms with Gasteiger partial charge in [0.1, 0.15) is 17.9 Å². The molecule has 2 aliphatic rings. The van der Waals surface area contributed by atoms with Gasteiger partial charge in [-0.3, -0.25) is 18.8 Å². The Hall–Kier alpha value is -2.39. The van der Waals surface area contributed by atoms with Crippen molar-refractivity contribution in [1.82, 2.24) is 19.5 Å². The number of fused-ring (bicyclic) bond motifs is 4. The van der Waals surface area contributed by atoms with Crippen LogP contribution in [0.4, 0.5) is 0 Å². The number of carbonyl (C=O) groups is 2. The largest absolute Gasteiger partial charge is 0.481 e. The minimum atomic E-state index is -0.876. The van der Waals surface area contributed by atoms with Gasteiger partial charge in [-0.1, -0.05) is 25.4 Å². The predicted molar refractivity (Wildman–Crippen MR) is 104 cm³/mol. The van der Waals surface area contributed by atoms with Gasteiger partial charge >= 0.3 is 5.97 Å². The van der Waals surface area contributed by atoms with E-state index >= 15 is 0 Å². The first-order valence-corrected chi connectivity index (χ1v) is 10.1. The van der Waals surface area contributed by atoms with Gasteiger partial charge in [0.05, 0.1) is 25.5 Å². The number of aliphatic carboxylic acids is 1. The third kappa shape index (κ3) is 2.23. The van der Waals surface area contributed by atoms with Crippen molar-refractivity contribution in [3.05, 3.63) is 32.6 Å². The second kappa shape index (κ2) is 5.36. The van der Waals surface area contributed by atoms with E-state index in [1.807, 2.05) is 19.9 Å². The van der Waals surface area contributed by atoms with E-state index in [0.29, 0.717) is 28.5 Å². The first-order valence-electron chi connectivity index (χ1n) is 8.93. The molecule has 2 aliphatic carbocycles. The Balaban J connectivity index is 1.51. The van der Waals surface area contributed by atoms with Crippen LogP contribution in [-0.4, -0.2) is 36.7 Å². The zero-order chi connectivity index (χ0) is 20.0. The molecular formula is C18H17ClN4O4S. The third-order valence-electron chi connectivity index (χ3n) is 5.84. The van der Waals surface area contributed by atoms with Gasteiger partial charge in [0.2, 0.25) is 5.91 Å². The highest BCUT2D eigenvalue weighted by Crippen LogP contribution is 2.78. The lowest BCUT2D eigenvalue weighted by Gasteiger charge is -2.13. The Bertz CT molecular complexity index is 1250. The lowest BCUT2D eigenvalue weighted by molar-refractivity contribution is -0.140. The zero-order valence-electron chi connectivity index (χ0n) is 15.2. The van der Waals surface area contributed by atoms with Crippen molar-refractivity contribution in [2.45, 2.75) is 44.7 Å². The highest BCUT2D eigenvalue weighted by atomic mass is 35.5. The normalized spacial score (nSPS) is 25.3. The number of hydrogen-bond donors (Lipinski definition) is 2. The van der Waals surface area contributed by atoms with E-state index in [0.717, 1.165) is 14.9 Å². The van der Waals surface area contributed by atoms with Crippen LogP contribution in [0, 0.1) is 5.41 Å². The summed E-state index contributed by atoms with van der Waals surface area (Å²) in [5, 5.41) is 16.4. The molecule has 1 amide bonds. The van der Waals surface area contributed by atoms with Gasteiger partial charge in [-0.15, -0.1) is 11.3 Å². The molecular weight excluding hydrogens is 404 g/mol. The van der Waals surface area contributed by atoms with E-state index in [2.05, 4.69) is 10.4 Å². The fraction of sp³-hybridized carbons (Fsp3) is 0.444. The first-order chi connectivity index (χ1) is 13.2. The quantitative estimate of drug-likeness (QED) is 0.658. The molecule has 146 valence electrons. The van der Waals surface area contributed by atoms with Gasteiger partial charge in [0, 0.05) is 5.92 Å². The summed E-state index contributed by atoms with van der Waals surface area (Å²) in [7, 11) is 0. The number of aromatic nitrogens is 3. The molecule has 5 rings (SSSR count). The van der Waals surface area contributed by atoms with Crippen molar-refractivity contribution >= 4 is 50.5 Å². The fourth-order valence-electron chi connectivity index (χ4n) is 4.09. The van der Waals surface area contributed by atoms with Gasteiger partial charge in [-0.05, 0) is 25.0 Å². The Morgan fingerprint density at radius 2 is 2.07 bits per heavy atom. The summed E-state index contributed by atoms with van der Waals surface area (Å²) >= 11 is 7.49. The van der Waals surface area contributed by atoms with E-state index in [4.69, 9.17) is 11.6 Å². The summed E-state index contributed by atoms with van der Waals surface area (Å²) in [5.74, 6) is -0.608. The number of halogens is 1. The smallest absolute Gasteiger partial charge is 0.312 e. The molecule has 8 nitrogen and oxygen atoms in total. The highest BCUT2D eigenvalue weighted by Gasteiger charge is 2.88. The van der Waals surface area contributed by atoms with Crippen molar-refractivity contribution in [3.8, 4) is 0 Å². The monoisotopic (exact) mass is 420 g/mol. The molecule has 2 N–H and O–H groups in total. The number of carboxylic acids is 1. The predicted octanol–water partition coefficient (Wildman–Crippen LogP) is 2.22. The van der Waals surface area contributed by atoms with Crippen LogP contribution in [0.1, 0.15) is 38.4 Å². The molecule has 0 bridgehead atoms. The summed E-state index contributed by atoms with van der Waals surface area (Å²) in [6.07, 6.45) is 0.908. The molecule has 3 heterocycles. The lowest BCUT2D eigenvalue weighted by Crippen LogP contribution is -2.38. The minimum absolute atomic E-state index is 0.0109. The summed E-state index contributed by atoms with van der Waals surface area (Å²) < 4.78 is 4.48. The van der Waals surface area contributed by atoms with Crippen molar-refractivity contribution < 1.29 is 14.7 Å².